The van der Waals surface area contributed by atoms with Gasteiger partial charge in [0.1, 0.15) is 5.82 Å². The highest BCUT2D eigenvalue weighted by Crippen LogP contribution is 2.22. The molecule has 2 rings (SSSR count). The summed E-state index contributed by atoms with van der Waals surface area (Å²) >= 11 is 13.0. The highest BCUT2D eigenvalue weighted by atomic mass is 35.5. The first-order chi connectivity index (χ1) is 9.06. The minimum Gasteiger partial charge on any atom is -0.351 e. The first-order valence-corrected chi connectivity index (χ1v) is 7.07. The molecule has 1 N–H and O–H groups in total. The van der Waals surface area contributed by atoms with Gasteiger partial charge in [-0.3, -0.25) is 4.79 Å². The van der Waals surface area contributed by atoms with Crippen LogP contribution in [0.1, 0.15) is 10.4 Å². The molecule has 0 unspecified atom stereocenters. The fraction of sp³-hybridized carbons (Fsp3) is 0.154. The molecule has 0 saturated carbocycles. The Morgan fingerprint density at radius 3 is 2.68 bits per heavy atom. The fourth-order valence-electron chi connectivity index (χ4n) is 1.56. The van der Waals surface area contributed by atoms with Crippen LogP contribution in [0, 0.1) is 5.82 Å². The van der Waals surface area contributed by atoms with Crippen LogP contribution >= 0.6 is 34.5 Å². The Balaban J connectivity index is 1.94. The number of carbonyl (C=O) groups is 1. The Morgan fingerprint density at radius 2 is 2.05 bits per heavy atom. The van der Waals surface area contributed by atoms with Crippen LogP contribution in [0.15, 0.2) is 30.3 Å². The lowest BCUT2D eigenvalue weighted by Gasteiger charge is -2.06. The van der Waals surface area contributed by atoms with E-state index in [1.54, 1.807) is 12.1 Å². The molecule has 6 heteroatoms. The first-order valence-electron chi connectivity index (χ1n) is 5.50. The van der Waals surface area contributed by atoms with Crippen molar-refractivity contribution < 1.29 is 9.18 Å². The van der Waals surface area contributed by atoms with E-state index < -0.39 is 5.82 Å². The second-order valence-corrected chi connectivity index (χ2v) is 6.07. The third-order valence-corrected chi connectivity index (χ3v) is 4.07. The highest BCUT2D eigenvalue weighted by molar-refractivity contribution is 7.16. The van der Waals surface area contributed by atoms with Crippen molar-refractivity contribution in [1.29, 1.82) is 0 Å². The van der Waals surface area contributed by atoms with Gasteiger partial charge in [-0.15, -0.1) is 11.3 Å². The Morgan fingerprint density at radius 1 is 1.26 bits per heavy atom. The zero-order chi connectivity index (χ0) is 13.8. The van der Waals surface area contributed by atoms with Crippen molar-refractivity contribution >= 4 is 40.4 Å². The van der Waals surface area contributed by atoms with Gasteiger partial charge in [0.05, 0.1) is 17.3 Å². The number of carbonyl (C=O) groups excluding carboxylic acids is 1. The van der Waals surface area contributed by atoms with Gasteiger partial charge in [-0.25, -0.2) is 4.39 Å². The molecule has 0 aliphatic carbocycles. The van der Waals surface area contributed by atoms with E-state index in [0.717, 1.165) is 4.88 Å². The van der Waals surface area contributed by atoms with E-state index >= 15 is 0 Å². The molecule has 0 fully saturated rings. The molecule has 0 spiro atoms. The average molecular weight is 318 g/mol. The SMILES string of the molecule is O=C(Cc1c(F)cccc1Cl)NCc1ccc(Cl)s1. The monoisotopic (exact) mass is 317 g/mol. The number of hydrogen-bond acceptors (Lipinski definition) is 2. The molecule has 1 heterocycles. The molecule has 2 nitrogen and oxygen atoms in total. The lowest BCUT2D eigenvalue weighted by molar-refractivity contribution is -0.120. The molecule has 1 amide bonds. The molecule has 1 aromatic carbocycles. The van der Waals surface area contributed by atoms with E-state index in [9.17, 15) is 9.18 Å². The Labute approximate surface area is 124 Å². The summed E-state index contributed by atoms with van der Waals surface area (Å²) in [5.74, 6) is -0.752. The Bertz CT molecular complexity index is 580. The van der Waals surface area contributed by atoms with Gasteiger partial charge in [0, 0.05) is 15.5 Å². The van der Waals surface area contributed by atoms with E-state index in [1.165, 1.54) is 23.5 Å². The zero-order valence-electron chi connectivity index (χ0n) is 9.75. The largest absolute Gasteiger partial charge is 0.351 e. The van der Waals surface area contributed by atoms with Crippen LogP contribution in [0.2, 0.25) is 9.36 Å². The minimum absolute atomic E-state index is 0.0788. The topological polar surface area (TPSA) is 29.1 Å². The second-order valence-electron chi connectivity index (χ2n) is 3.86. The summed E-state index contributed by atoms with van der Waals surface area (Å²) in [6.45, 7) is 0.377. The standard InChI is InChI=1S/C13H10Cl2FNOS/c14-10-2-1-3-11(16)9(10)6-13(18)17-7-8-4-5-12(15)19-8/h1-5H,6-7H2,(H,17,18). The summed E-state index contributed by atoms with van der Waals surface area (Å²) in [5.41, 5.74) is 0.214. The number of rotatable bonds is 4. The zero-order valence-corrected chi connectivity index (χ0v) is 12.1. The minimum atomic E-state index is -0.471. The second kappa shape index (κ2) is 6.37. The molecular formula is C13H10Cl2FNOS. The van der Waals surface area contributed by atoms with Crippen LogP contribution in [0.25, 0.3) is 0 Å². The molecule has 0 bridgehead atoms. The van der Waals surface area contributed by atoms with Gasteiger partial charge in [-0.2, -0.15) is 0 Å². The van der Waals surface area contributed by atoms with Crippen LogP contribution in [0.3, 0.4) is 0 Å². The first kappa shape index (κ1) is 14.3. The van der Waals surface area contributed by atoms with E-state index in [2.05, 4.69) is 5.32 Å². The quantitative estimate of drug-likeness (QED) is 0.905. The summed E-state index contributed by atoms with van der Waals surface area (Å²) in [6.07, 6.45) is -0.0788. The van der Waals surface area contributed by atoms with Gasteiger partial charge in [-0.1, -0.05) is 29.3 Å². The molecule has 0 aliphatic heterocycles. The summed E-state index contributed by atoms with van der Waals surface area (Å²) < 4.78 is 14.2. The van der Waals surface area contributed by atoms with Crippen molar-refractivity contribution in [2.24, 2.45) is 0 Å². The van der Waals surface area contributed by atoms with Crippen LogP contribution in [-0.4, -0.2) is 5.91 Å². The molecule has 100 valence electrons. The third-order valence-electron chi connectivity index (χ3n) is 2.49. The average Bonchev–Trinajstić information content (AvgIpc) is 2.77. The Kier molecular flexibility index (Phi) is 4.80. The maximum atomic E-state index is 13.5. The van der Waals surface area contributed by atoms with Crippen molar-refractivity contribution in [3.63, 3.8) is 0 Å². The van der Waals surface area contributed by atoms with E-state index in [-0.39, 0.29) is 22.9 Å². The molecule has 2 aromatic rings. The predicted octanol–water partition coefficient (Wildman–Crippen LogP) is 4.05. The van der Waals surface area contributed by atoms with Crippen molar-refractivity contribution in [2.45, 2.75) is 13.0 Å². The third kappa shape index (κ3) is 3.93. The van der Waals surface area contributed by atoms with Crippen LogP contribution < -0.4 is 5.32 Å². The lowest BCUT2D eigenvalue weighted by Crippen LogP contribution is -2.24. The summed E-state index contributed by atoms with van der Waals surface area (Å²) in [6, 6.07) is 7.96. The van der Waals surface area contributed by atoms with Gasteiger partial charge in [-0.05, 0) is 24.3 Å². The molecular weight excluding hydrogens is 308 g/mol. The van der Waals surface area contributed by atoms with Crippen molar-refractivity contribution in [3.05, 3.63) is 55.9 Å². The lowest BCUT2D eigenvalue weighted by atomic mass is 10.1. The van der Waals surface area contributed by atoms with Crippen molar-refractivity contribution in [3.8, 4) is 0 Å². The van der Waals surface area contributed by atoms with Gasteiger partial charge < -0.3 is 5.32 Å². The summed E-state index contributed by atoms with van der Waals surface area (Å²) in [5, 5.41) is 2.96. The van der Waals surface area contributed by atoms with E-state index in [4.69, 9.17) is 23.2 Å². The predicted molar refractivity (Wildman–Crippen MR) is 76.3 cm³/mol. The molecule has 0 saturated heterocycles. The van der Waals surface area contributed by atoms with Crippen molar-refractivity contribution in [1.82, 2.24) is 5.32 Å². The van der Waals surface area contributed by atoms with Gasteiger partial charge >= 0.3 is 0 Å². The maximum absolute atomic E-state index is 13.5. The molecule has 1 aromatic heterocycles. The smallest absolute Gasteiger partial charge is 0.224 e. The number of nitrogens with one attached hydrogen (secondary N) is 1. The number of thiophene rings is 1. The van der Waals surface area contributed by atoms with Gasteiger partial charge in [0.15, 0.2) is 0 Å². The van der Waals surface area contributed by atoms with Crippen LogP contribution in [-0.2, 0) is 17.8 Å². The molecule has 0 aliphatic rings. The number of benzene rings is 1. The van der Waals surface area contributed by atoms with Crippen LogP contribution in [0.4, 0.5) is 4.39 Å². The number of amides is 1. The summed E-state index contributed by atoms with van der Waals surface area (Å²) in [4.78, 5) is 12.7. The van der Waals surface area contributed by atoms with Crippen LogP contribution in [0.5, 0.6) is 0 Å². The fourth-order valence-corrected chi connectivity index (χ4v) is 2.81. The normalized spacial score (nSPS) is 10.5. The van der Waals surface area contributed by atoms with E-state index in [1.807, 2.05) is 6.07 Å². The number of hydrogen-bond donors (Lipinski definition) is 1. The maximum Gasteiger partial charge on any atom is 0.224 e. The molecule has 0 atom stereocenters. The summed E-state index contributed by atoms with van der Waals surface area (Å²) in [7, 11) is 0. The molecule has 19 heavy (non-hydrogen) atoms. The van der Waals surface area contributed by atoms with Crippen molar-refractivity contribution in [2.75, 3.05) is 0 Å². The van der Waals surface area contributed by atoms with Gasteiger partial charge in [0.2, 0.25) is 5.91 Å². The highest BCUT2D eigenvalue weighted by Gasteiger charge is 2.11. The Hall–Kier alpha value is -1.10. The molecule has 0 radical (unpaired) electrons. The van der Waals surface area contributed by atoms with E-state index in [0.29, 0.717) is 10.9 Å². The number of halogens is 3. The van der Waals surface area contributed by atoms with Gasteiger partial charge in [0.25, 0.3) is 0 Å².